The van der Waals surface area contributed by atoms with E-state index in [2.05, 4.69) is 45.0 Å². The van der Waals surface area contributed by atoms with Crippen molar-refractivity contribution in [2.45, 2.75) is 77.4 Å². The largest absolute Gasteiger partial charge is 0.314 e. The van der Waals surface area contributed by atoms with Crippen molar-refractivity contribution < 1.29 is 0 Å². The minimum absolute atomic E-state index is 0.346. The Morgan fingerprint density at radius 1 is 1.25 bits per heavy atom. The Kier molecular flexibility index (Phi) is 5.26. The van der Waals surface area contributed by atoms with Crippen molar-refractivity contribution in [2.75, 3.05) is 13.6 Å². The molecule has 0 aromatic heterocycles. The summed E-state index contributed by atoms with van der Waals surface area (Å²) < 4.78 is 0. The standard InChI is InChI=1S/C14H30N2/c1-6-14(3,4)16(5)13-10-8-9-12(11-13)15-7-2/h12-13,15H,6-11H2,1-5H3. The van der Waals surface area contributed by atoms with Crippen LogP contribution in [0, 0.1) is 0 Å². The second-order valence-corrected chi connectivity index (χ2v) is 5.85. The van der Waals surface area contributed by atoms with Gasteiger partial charge in [-0.3, -0.25) is 4.90 Å². The van der Waals surface area contributed by atoms with Crippen LogP contribution in [0.5, 0.6) is 0 Å². The summed E-state index contributed by atoms with van der Waals surface area (Å²) in [5.41, 5.74) is 0.346. The Morgan fingerprint density at radius 2 is 1.94 bits per heavy atom. The van der Waals surface area contributed by atoms with E-state index in [1.54, 1.807) is 0 Å². The Morgan fingerprint density at radius 3 is 2.50 bits per heavy atom. The minimum Gasteiger partial charge on any atom is -0.314 e. The highest BCUT2D eigenvalue weighted by atomic mass is 15.2. The molecule has 2 atom stereocenters. The maximum Gasteiger partial charge on any atom is 0.0150 e. The van der Waals surface area contributed by atoms with Crippen LogP contribution in [-0.2, 0) is 0 Å². The average Bonchev–Trinajstić information content (AvgIpc) is 2.29. The number of nitrogens with one attached hydrogen (secondary N) is 1. The van der Waals surface area contributed by atoms with Crippen molar-refractivity contribution in [3.63, 3.8) is 0 Å². The molecular weight excluding hydrogens is 196 g/mol. The smallest absolute Gasteiger partial charge is 0.0150 e. The molecule has 0 aliphatic heterocycles. The first-order chi connectivity index (χ1) is 7.51. The lowest BCUT2D eigenvalue weighted by Gasteiger charge is -2.44. The van der Waals surface area contributed by atoms with Crippen LogP contribution in [-0.4, -0.2) is 36.1 Å². The van der Waals surface area contributed by atoms with Gasteiger partial charge in [-0.2, -0.15) is 0 Å². The molecule has 2 nitrogen and oxygen atoms in total. The molecule has 0 heterocycles. The lowest BCUT2D eigenvalue weighted by molar-refractivity contribution is 0.0666. The summed E-state index contributed by atoms with van der Waals surface area (Å²) in [5, 5.41) is 3.61. The van der Waals surface area contributed by atoms with Gasteiger partial charge in [-0.15, -0.1) is 0 Å². The molecule has 16 heavy (non-hydrogen) atoms. The van der Waals surface area contributed by atoms with E-state index in [0.29, 0.717) is 5.54 Å². The van der Waals surface area contributed by atoms with E-state index in [4.69, 9.17) is 0 Å². The highest BCUT2D eigenvalue weighted by Gasteiger charge is 2.31. The van der Waals surface area contributed by atoms with Gasteiger partial charge in [0.05, 0.1) is 0 Å². The highest BCUT2D eigenvalue weighted by molar-refractivity contribution is 4.88. The zero-order chi connectivity index (χ0) is 12.2. The SMILES string of the molecule is CCNC1CCCC(N(C)C(C)(C)CC)C1. The molecule has 0 amide bonds. The lowest BCUT2D eigenvalue weighted by Crippen LogP contribution is -2.51. The molecular formula is C14H30N2. The van der Waals surface area contributed by atoms with Crippen molar-refractivity contribution in [3.8, 4) is 0 Å². The summed E-state index contributed by atoms with van der Waals surface area (Å²) >= 11 is 0. The van der Waals surface area contributed by atoms with E-state index in [9.17, 15) is 0 Å². The number of hydrogen-bond donors (Lipinski definition) is 1. The summed E-state index contributed by atoms with van der Waals surface area (Å²) in [6, 6.07) is 1.52. The normalized spacial score (nSPS) is 27.4. The third kappa shape index (κ3) is 3.46. The van der Waals surface area contributed by atoms with Crippen LogP contribution in [0.3, 0.4) is 0 Å². The molecule has 1 aliphatic rings. The molecule has 0 aromatic rings. The van der Waals surface area contributed by atoms with Crippen LogP contribution in [0.4, 0.5) is 0 Å². The zero-order valence-electron chi connectivity index (χ0n) is 11.8. The summed E-state index contributed by atoms with van der Waals surface area (Å²) in [6.07, 6.45) is 6.68. The maximum absolute atomic E-state index is 3.61. The predicted octanol–water partition coefficient (Wildman–Crippen LogP) is 3.03. The van der Waals surface area contributed by atoms with Crippen LogP contribution < -0.4 is 5.32 Å². The Balaban J connectivity index is 2.52. The van der Waals surface area contributed by atoms with Gasteiger partial charge in [-0.05, 0) is 53.1 Å². The molecule has 1 aliphatic carbocycles. The maximum atomic E-state index is 3.61. The fraction of sp³-hybridized carbons (Fsp3) is 1.00. The Bertz CT molecular complexity index is 199. The molecule has 0 aromatic carbocycles. The van der Waals surface area contributed by atoms with Crippen LogP contribution >= 0.6 is 0 Å². The Hall–Kier alpha value is -0.0800. The fourth-order valence-electron chi connectivity index (χ4n) is 2.73. The first-order valence-electron chi connectivity index (χ1n) is 6.97. The number of hydrogen-bond acceptors (Lipinski definition) is 2. The molecule has 1 fully saturated rings. The van der Waals surface area contributed by atoms with Gasteiger partial charge in [-0.25, -0.2) is 0 Å². The predicted molar refractivity (Wildman–Crippen MR) is 71.9 cm³/mol. The molecule has 0 bridgehead atoms. The molecule has 1 rings (SSSR count). The number of nitrogens with zero attached hydrogens (tertiary/aromatic N) is 1. The van der Waals surface area contributed by atoms with Crippen LogP contribution in [0.2, 0.25) is 0 Å². The quantitative estimate of drug-likeness (QED) is 0.775. The van der Waals surface area contributed by atoms with Crippen molar-refractivity contribution in [1.29, 1.82) is 0 Å². The molecule has 0 saturated heterocycles. The lowest BCUT2D eigenvalue weighted by atomic mass is 9.87. The molecule has 0 radical (unpaired) electrons. The van der Waals surface area contributed by atoms with E-state index in [1.807, 2.05) is 0 Å². The van der Waals surface area contributed by atoms with E-state index < -0.39 is 0 Å². The third-order valence-electron chi connectivity index (χ3n) is 4.51. The third-order valence-corrected chi connectivity index (χ3v) is 4.51. The van der Waals surface area contributed by atoms with Crippen molar-refractivity contribution >= 4 is 0 Å². The second kappa shape index (κ2) is 6.02. The molecule has 2 heteroatoms. The summed E-state index contributed by atoms with van der Waals surface area (Å²) in [7, 11) is 2.31. The van der Waals surface area contributed by atoms with Crippen molar-refractivity contribution in [3.05, 3.63) is 0 Å². The Labute approximate surface area is 102 Å². The second-order valence-electron chi connectivity index (χ2n) is 5.85. The molecule has 1 N–H and O–H groups in total. The first-order valence-corrected chi connectivity index (χ1v) is 6.97. The number of rotatable bonds is 5. The zero-order valence-corrected chi connectivity index (χ0v) is 11.8. The monoisotopic (exact) mass is 226 g/mol. The van der Waals surface area contributed by atoms with Crippen LogP contribution in [0.1, 0.15) is 59.8 Å². The first kappa shape index (κ1) is 14.0. The van der Waals surface area contributed by atoms with E-state index in [-0.39, 0.29) is 0 Å². The topological polar surface area (TPSA) is 15.3 Å². The van der Waals surface area contributed by atoms with E-state index in [0.717, 1.165) is 18.6 Å². The van der Waals surface area contributed by atoms with Crippen LogP contribution in [0.15, 0.2) is 0 Å². The van der Waals surface area contributed by atoms with Crippen molar-refractivity contribution in [1.82, 2.24) is 10.2 Å². The van der Waals surface area contributed by atoms with Crippen LogP contribution in [0.25, 0.3) is 0 Å². The molecule has 0 spiro atoms. The van der Waals surface area contributed by atoms with Gasteiger partial charge in [0.2, 0.25) is 0 Å². The van der Waals surface area contributed by atoms with Gasteiger partial charge in [0.15, 0.2) is 0 Å². The van der Waals surface area contributed by atoms with E-state index >= 15 is 0 Å². The van der Waals surface area contributed by atoms with Gasteiger partial charge >= 0.3 is 0 Å². The summed E-state index contributed by atoms with van der Waals surface area (Å²) in [4.78, 5) is 2.61. The molecule has 1 saturated carbocycles. The summed E-state index contributed by atoms with van der Waals surface area (Å²) in [6.45, 7) is 10.3. The highest BCUT2D eigenvalue weighted by Crippen LogP contribution is 2.28. The van der Waals surface area contributed by atoms with Gasteiger partial charge in [0.25, 0.3) is 0 Å². The van der Waals surface area contributed by atoms with E-state index in [1.165, 1.54) is 32.1 Å². The average molecular weight is 226 g/mol. The molecule has 2 unspecified atom stereocenters. The fourth-order valence-corrected chi connectivity index (χ4v) is 2.73. The van der Waals surface area contributed by atoms with Gasteiger partial charge in [0.1, 0.15) is 0 Å². The van der Waals surface area contributed by atoms with Crippen molar-refractivity contribution in [2.24, 2.45) is 0 Å². The van der Waals surface area contributed by atoms with Gasteiger partial charge in [-0.1, -0.05) is 20.3 Å². The minimum atomic E-state index is 0.346. The van der Waals surface area contributed by atoms with Gasteiger partial charge in [0, 0.05) is 17.6 Å². The summed E-state index contributed by atoms with van der Waals surface area (Å²) in [5.74, 6) is 0. The molecule has 96 valence electrons. The van der Waals surface area contributed by atoms with Gasteiger partial charge < -0.3 is 5.32 Å².